The van der Waals surface area contributed by atoms with Gasteiger partial charge in [0.1, 0.15) is 0 Å². The van der Waals surface area contributed by atoms with Gasteiger partial charge in [0.15, 0.2) is 11.3 Å². The predicted octanol–water partition coefficient (Wildman–Crippen LogP) is 4.80. The predicted molar refractivity (Wildman–Crippen MR) is 83.0 cm³/mol. The van der Waals surface area contributed by atoms with Crippen molar-refractivity contribution in [2.75, 3.05) is 0 Å². The van der Waals surface area contributed by atoms with Crippen molar-refractivity contribution in [1.29, 1.82) is 0 Å². The number of rotatable bonds is 2. The molecule has 0 bridgehead atoms. The Kier molecular flexibility index (Phi) is 3.52. The second kappa shape index (κ2) is 5.21. The van der Waals surface area contributed by atoms with Crippen LogP contribution in [0.1, 0.15) is 61.3 Å². The van der Waals surface area contributed by atoms with E-state index in [9.17, 15) is 4.79 Å². The van der Waals surface area contributed by atoms with Gasteiger partial charge in [-0.3, -0.25) is 4.79 Å². The molecule has 0 spiro atoms. The third-order valence-corrected chi connectivity index (χ3v) is 4.62. The second-order valence-electron chi connectivity index (χ2n) is 6.09. The maximum Gasteiger partial charge on any atom is 0.311 e. The van der Waals surface area contributed by atoms with Gasteiger partial charge in [-0.15, -0.1) is 0 Å². The van der Waals surface area contributed by atoms with Gasteiger partial charge in [-0.25, -0.2) is 0 Å². The second-order valence-corrected chi connectivity index (χ2v) is 6.09. The molecule has 1 atom stereocenters. The SMILES string of the molecule is CCC(=O)Oc1c2c(c(C)c3c(C)coc13)C(C)CCC2. The topological polar surface area (TPSA) is 39.4 Å². The molecule has 0 N–H and O–H groups in total. The molecule has 0 saturated carbocycles. The third kappa shape index (κ3) is 2.15. The minimum atomic E-state index is -0.199. The molecule has 0 fully saturated rings. The summed E-state index contributed by atoms with van der Waals surface area (Å²) in [5, 5.41) is 1.11. The summed E-state index contributed by atoms with van der Waals surface area (Å²) in [6, 6.07) is 0. The minimum Gasteiger partial charge on any atom is -0.460 e. The molecule has 3 heteroatoms. The number of benzene rings is 1. The van der Waals surface area contributed by atoms with Gasteiger partial charge in [-0.05, 0) is 55.7 Å². The molecule has 0 aliphatic heterocycles. The van der Waals surface area contributed by atoms with Crippen LogP contribution in [0.2, 0.25) is 0 Å². The van der Waals surface area contributed by atoms with Crippen LogP contribution in [-0.4, -0.2) is 5.97 Å². The summed E-state index contributed by atoms with van der Waals surface area (Å²) in [5.41, 5.74) is 5.67. The molecule has 1 aromatic carbocycles. The van der Waals surface area contributed by atoms with Crippen molar-refractivity contribution < 1.29 is 13.9 Å². The van der Waals surface area contributed by atoms with E-state index in [1.807, 2.05) is 13.8 Å². The molecule has 2 aromatic rings. The van der Waals surface area contributed by atoms with E-state index in [0.717, 1.165) is 29.4 Å². The first kappa shape index (κ1) is 14.2. The van der Waals surface area contributed by atoms with Gasteiger partial charge >= 0.3 is 5.97 Å². The van der Waals surface area contributed by atoms with E-state index in [4.69, 9.17) is 9.15 Å². The molecular formula is C18H22O3. The third-order valence-electron chi connectivity index (χ3n) is 4.62. The van der Waals surface area contributed by atoms with Gasteiger partial charge < -0.3 is 9.15 Å². The Morgan fingerprint density at radius 3 is 2.90 bits per heavy atom. The summed E-state index contributed by atoms with van der Waals surface area (Å²) in [7, 11) is 0. The molecule has 0 amide bonds. The van der Waals surface area contributed by atoms with E-state index in [1.165, 1.54) is 23.1 Å². The number of carbonyl (C=O) groups is 1. The Morgan fingerprint density at radius 1 is 1.43 bits per heavy atom. The fraction of sp³-hybridized carbons (Fsp3) is 0.500. The van der Waals surface area contributed by atoms with Crippen LogP contribution in [0.4, 0.5) is 0 Å². The van der Waals surface area contributed by atoms with E-state index < -0.39 is 0 Å². The van der Waals surface area contributed by atoms with Crippen molar-refractivity contribution in [3.05, 3.63) is 28.5 Å². The van der Waals surface area contributed by atoms with Crippen LogP contribution in [0.3, 0.4) is 0 Å². The first-order valence-electron chi connectivity index (χ1n) is 7.78. The van der Waals surface area contributed by atoms with E-state index in [-0.39, 0.29) is 5.97 Å². The lowest BCUT2D eigenvalue weighted by molar-refractivity contribution is -0.134. The molecule has 1 aliphatic rings. The molecule has 112 valence electrons. The number of fused-ring (bicyclic) bond motifs is 2. The normalized spacial score (nSPS) is 17.8. The molecule has 21 heavy (non-hydrogen) atoms. The number of hydrogen-bond donors (Lipinski definition) is 0. The van der Waals surface area contributed by atoms with Crippen LogP contribution in [0.15, 0.2) is 10.7 Å². The van der Waals surface area contributed by atoms with Crippen LogP contribution in [0, 0.1) is 13.8 Å². The summed E-state index contributed by atoms with van der Waals surface area (Å²) < 4.78 is 11.4. The van der Waals surface area contributed by atoms with Gasteiger partial charge in [0.05, 0.1) is 6.26 Å². The van der Waals surface area contributed by atoms with Gasteiger partial charge in [0.2, 0.25) is 0 Å². The highest BCUT2D eigenvalue weighted by molar-refractivity contribution is 5.93. The van der Waals surface area contributed by atoms with E-state index in [1.54, 1.807) is 6.26 Å². The average Bonchev–Trinajstić information content (AvgIpc) is 2.85. The highest BCUT2D eigenvalue weighted by Gasteiger charge is 2.28. The van der Waals surface area contributed by atoms with E-state index >= 15 is 0 Å². The van der Waals surface area contributed by atoms with Crippen LogP contribution in [-0.2, 0) is 11.2 Å². The fourth-order valence-electron chi connectivity index (χ4n) is 3.64. The maximum atomic E-state index is 11.8. The van der Waals surface area contributed by atoms with Crippen molar-refractivity contribution in [3.8, 4) is 5.75 Å². The standard InChI is InChI=1S/C18H22O3/c1-5-14(19)21-17-13-8-6-7-10(2)15(13)12(4)16-11(3)9-20-18(16)17/h9-10H,5-8H2,1-4H3. The molecule has 0 radical (unpaired) electrons. The molecular weight excluding hydrogens is 264 g/mol. The van der Waals surface area contributed by atoms with Gasteiger partial charge in [-0.1, -0.05) is 13.8 Å². The minimum absolute atomic E-state index is 0.199. The van der Waals surface area contributed by atoms with E-state index in [0.29, 0.717) is 18.1 Å². The lowest BCUT2D eigenvalue weighted by atomic mass is 9.79. The number of carbonyl (C=O) groups excluding carboxylic acids is 1. The maximum absolute atomic E-state index is 11.8. The van der Waals surface area contributed by atoms with Crippen LogP contribution in [0.5, 0.6) is 5.75 Å². The highest BCUT2D eigenvalue weighted by atomic mass is 16.5. The summed E-state index contributed by atoms with van der Waals surface area (Å²) in [4.78, 5) is 11.8. The van der Waals surface area contributed by atoms with Crippen molar-refractivity contribution in [3.63, 3.8) is 0 Å². The van der Waals surface area contributed by atoms with Gasteiger partial charge in [0.25, 0.3) is 0 Å². The van der Waals surface area contributed by atoms with Crippen molar-refractivity contribution in [2.24, 2.45) is 0 Å². The molecule has 1 unspecified atom stereocenters. The molecule has 0 saturated heterocycles. The van der Waals surface area contributed by atoms with Gasteiger partial charge in [-0.2, -0.15) is 0 Å². The molecule has 3 rings (SSSR count). The number of aryl methyl sites for hydroxylation is 2. The number of esters is 1. The zero-order chi connectivity index (χ0) is 15.1. The zero-order valence-electron chi connectivity index (χ0n) is 13.2. The largest absolute Gasteiger partial charge is 0.460 e. The molecule has 1 aromatic heterocycles. The molecule has 3 nitrogen and oxygen atoms in total. The lowest BCUT2D eigenvalue weighted by Crippen LogP contribution is -2.14. The zero-order valence-corrected chi connectivity index (χ0v) is 13.2. The summed E-state index contributed by atoms with van der Waals surface area (Å²) in [5.74, 6) is 0.971. The number of hydrogen-bond acceptors (Lipinski definition) is 3. The number of ether oxygens (including phenoxy) is 1. The lowest BCUT2D eigenvalue weighted by Gasteiger charge is -2.27. The highest BCUT2D eigenvalue weighted by Crippen LogP contribution is 2.45. The van der Waals surface area contributed by atoms with Crippen molar-refractivity contribution >= 4 is 16.9 Å². The van der Waals surface area contributed by atoms with Crippen LogP contribution in [0.25, 0.3) is 11.0 Å². The number of furan rings is 1. The van der Waals surface area contributed by atoms with E-state index in [2.05, 4.69) is 13.8 Å². The summed E-state index contributed by atoms with van der Waals surface area (Å²) >= 11 is 0. The smallest absolute Gasteiger partial charge is 0.311 e. The summed E-state index contributed by atoms with van der Waals surface area (Å²) in [6.45, 7) is 8.29. The monoisotopic (exact) mass is 286 g/mol. The first-order valence-corrected chi connectivity index (χ1v) is 7.78. The Hall–Kier alpha value is -1.77. The van der Waals surface area contributed by atoms with Crippen molar-refractivity contribution in [1.82, 2.24) is 0 Å². The first-order chi connectivity index (χ1) is 10.0. The van der Waals surface area contributed by atoms with Crippen LogP contribution >= 0.6 is 0 Å². The fourth-order valence-corrected chi connectivity index (χ4v) is 3.64. The molecule has 1 heterocycles. The van der Waals surface area contributed by atoms with Gasteiger partial charge in [0, 0.05) is 17.4 Å². The Labute approximate surface area is 125 Å². The Balaban J connectivity index is 2.33. The quantitative estimate of drug-likeness (QED) is 0.587. The van der Waals surface area contributed by atoms with Crippen molar-refractivity contribution in [2.45, 2.75) is 59.3 Å². The Morgan fingerprint density at radius 2 is 2.19 bits per heavy atom. The van der Waals surface area contributed by atoms with Crippen LogP contribution < -0.4 is 4.74 Å². The average molecular weight is 286 g/mol. The molecule has 1 aliphatic carbocycles. The Bertz CT molecular complexity index is 709. The summed E-state index contributed by atoms with van der Waals surface area (Å²) in [6.07, 6.45) is 5.42.